The summed E-state index contributed by atoms with van der Waals surface area (Å²) in [7, 11) is 0. The van der Waals surface area contributed by atoms with Gasteiger partial charge in [0.25, 0.3) is 0 Å². The molecule has 0 fully saturated rings. The molecule has 1 aliphatic heterocycles. The van der Waals surface area contributed by atoms with E-state index in [4.69, 9.17) is 15.5 Å². The predicted octanol–water partition coefficient (Wildman–Crippen LogP) is 4.90. The van der Waals surface area contributed by atoms with Crippen LogP contribution in [0.5, 0.6) is 0 Å². The monoisotopic (exact) mass is 387 g/mol. The number of carbonyl (C=O) groups is 1. The van der Waals surface area contributed by atoms with Crippen LogP contribution in [-0.2, 0) is 17.7 Å². The molecule has 0 saturated carbocycles. The van der Waals surface area contributed by atoms with Crippen molar-refractivity contribution in [2.24, 2.45) is 0 Å². The second-order valence-electron chi connectivity index (χ2n) is 7.38. The van der Waals surface area contributed by atoms with E-state index >= 15 is 0 Å². The molecule has 7 heteroatoms. The maximum absolute atomic E-state index is 12.4. The molecule has 3 aromatic rings. The third-order valence-electron chi connectivity index (χ3n) is 4.24. The van der Waals surface area contributed by atoms with E-state index in [1.807, 2.05) is 39.0 Å². The Morgan fingerprint density at radius 3 is 2.77 bits per heavy atom. The number of hydrogen-bond donors (Lipinski definition) is 1. The number of rotatable bonds is 1. The van der Waals surface area contributed by atoms with Crippen LogP contribution in [0.25, 0.3) is 20.8 Å². The van der Waals surface area contributed by atoms with Crippen LogP contribution in [0.15, 0.2) is 24.3 Å². The van der Waals surface area contributed by atoms with Gasteiger partial charge in [-0.05, 0) is 44.9 Å². The van der Waals surface area contributed by atoms with E-state index in [2.05, 4.69) is 6.07 Å². The maximum Gasteiger partial charge on any atom is 0.410 e. The summed E-state index contributed by atoms with van der Waals surface area (Å²) in [5.74, 6) is 0. The number of para-hydroxylation sites is 1. The number of benzene rings is 1. The van der Waals surface area contributed by atoms with Gasteiger partial charge in [0.1, 0.15) is 10.6 Å². The second kappa shape index (κ2) is 6.25. The van der Waals surface area contributed by atoms with Gasteiger partial charge in [-0.25, -0.2) is 9.78 Å². The molecule has 1 amide bonds. The number of thiazole rings is 1. The molecule has 0 bridgehead atoms. The molecule has 5 nitrogen and oxygen atoms in total. The van der Waals surface area contributed by atoms with Crippen LogP contribution in [0.1, 0.15) is 31.2 Å². The van der Waals surface area contributed by atoms with Gasteiger partial charge in [-0.1, -0.05) is 12.1 Å². The number of anilines is 1. The Kier molecular flexibility index (Phi) is 4.16. The summed E-state index contributed by atoms with van der Waals surface area (Å²) in [6, 6.07) is 8.12. The molecule has 136 valence electrons. The average Bonchev–Trinajstić information content (AvgIpc) is 3.11. The number of thiophene rings is 1. The van der Waals surface area contributed by atoms with Crippen molar-refractivity contribution in [3.05, 3.63) is 34.7 Å². The molecule has 0 spiro atoms. The number of fused-ring (bicyclic) bond motifs is 2. The standard InChI is InChI=1S/C19H21N3O2S2/c1-19(2,3)24-18(23)22-9-8-11-14(10-22)25-16(20)15(11)17-21-12-6-4-5-7-13(12)26-17/h4-7H,8-10,20H2,1-3H3. The Bertz CT molecular complexity index is 951. The first-order chi connectivity index (χ1) is 12.3. The van der Waals surface area contributed by atoms with Crippen molar-refractivity contribution in [2.75, 3.05) is 12.3 Å². The summed E-state index contributed by atoms with van der Waals surface area (Å²) < 4.78 is 6.66. The largest absolute Gasteiger partial charge is 0.444 e. The number of nitrogens with zero attached hydrogens (tertiary/aromatic N) is 2. The van der Waals surface area contributed by atoms with E-state index in [1.54, 1.807) is 27.6 Å². The molecule has 4 rings (SSSR count). The van der Waals surface area contributed by atoms with Crippen molar-refractivity contribution >= 4 is 44.0 Å². The van der Waals surface area contributed by atoms with Crippen LogP contribution < -0.4 is 5.73 Å². The van der Waals surface area contributed by atoms with Crippen molar-refractivity contribution in [1.82, 2.24) is 9.88 Å². The predicted molar refractivity (Wildman–Crippen MR) is 108 cm³/mol. The Balaban J connectivity index is 1.65. The highest BCUT2D eigenvalue weighted by Gasteiger charge is 2.30. The lowest BCUT2D eigenvalue weighted by Gasteiger charge is -2.30. The third kappa shape index (κ3) is 3.17. The molecule has 26 heavy (non-hydrogen) atoms. The zero-order chi connectivity index (χ0) is 18.5. The first-order valence-corrected chi connectivity index (χ1v) is 10.2. The Morgan fingerprint density at radius 1 is 1.27 bits per heavy atom. The lowest BCUT2D eigenvalue weighted by Crippen LogP contribution is -2.39. The van der Waals surface area contributed by atoms with Crippen LogP contribution >= 0.6 is 22.7 Å². The number of nitrogens with two attached hydrogens (primary N) is 1. The lowest BCUT2D eigenvalue weighted by atomic mass is 10.0. The molecule has 0 saturated heterocycles. The SMILES string of the molecule is CC(C)(C)OC(=O)N1CCc2c(sc(N)c2-c2nc3ccccc3s2)C1. The molecule has 0 atom stereocenters. The van der Waals surface area contributed by atoms with Gasteiger partial charge >= 0.3 is 6.09 Å². The van der Waals surface area contributed by atoms with Gasteiger partial charge < -0.3 is 15.4 Å². The maximum atomic E-state index is 12.4. The van der Waals surface area contributed by atoms with Crippen molar-refractivity contribution in [3.63, 3.8) is 0 Å². The quantitative estimate of drug-likeness (QED) is 0.645. The second-order valence-corrected chi connectivity index (χ2v) is 9.55. The third-order valence-corrected chi connectivity index (χ3v) is 6.34. The molecule has 2 aromatic heterocycles. The molecular formula is C19H21N3O2S2. The van der Waals surface area contributed by atoms with Gasteiger partial charge in [0.15, 0.2) is 0 Å². The van der Waals surface area contributed by atoms with Crippen molar-refractivity contribution in [1.29, 1.82) is 0 Å². The highest BCUT2D eigenvalue weighted by molar-refractivity contribution is 7.22. The Morgan fingerprint density at radius 2 is 2.04 bits per heavy atom. The summed E-state index contributed by atoms with van der Waals surface area (Å²) in [6.07, 6.45) is 0.504. The van der Waals surface area contributed by atoms with Crippen LogP contribution in [-0.4, -0.2) is 28.1 Å². The Labute approximate surface area is 160 Å². The fraction of sp³-hybridized carbons (Fsp3) is 0.368. The number of amides is 1. The van der Waals surface area contributed by atoms with E-state index in [-0.39, 0.29) is 6.09 Å². The van der Waals surface area contributed by atoms with Crippen LogP contribution in [0.3, 0.4) is 0 Å². The molecule has 1 aliphatic rings. The topological polar surface area (TPSA) is 68.5 Å². The number of hydrogen-bond acceptors (Lipinski definition) is 6. The molecule has 2 N–H and O–H groups in total. The first kappa shape index (κ1) is 17.3. The number of ether oxygens (including phenoxy) is 1. The van der Waals surface area contributed by atoms with Gasteiger partial charge in [0.05, 0.1) is 21.8 Å². The molecule has 0 radical (unpaired) electrons. The zero-order valence-electron chi connectivity index (χ0n) is 15.0. The van der Waals surface area contributed by atoms with Gasteiger partial charge in [-0.15, -0.1) is 22.7 Å². The van der Waals surface area contributed by atoms with E-state index in [0.29, 0.717) is 13.1 Å². The number of nitrogen functional groups attached to an aromatic ring is 1. The molecule has 3 heterocycles. The van der Waals surface area contributed by atoms with E-state index in [9.17, 15) is 4.79 Å². The van der Waals surface area contributed by atoms with Gasteiger partial charge in [-0.3, -0.25) is 0 Å². The van der Waals surface area contributed by atoms with Crippen molar-refractivity contribution in [2.45, 2.75) is 39.3 Å². The van der Waals surface area contributed by atoms with E-state index in [1.165, 1.54) is 5.56 Å². The van der Waals surface area contributed by atoms with Gasteiger partial charge in [0, 0.05) is 17.0 Å². The van der Waals surface area contributed by atoms with Crippen LogP contribution in [0.2, 0.25) is 0 Å². The molecule has 0 aliphatic carbocycles. The smallest absolute Gasteiger partial charge is 0.410 e. The highest BCUT2D eigenvalue weighted by Crippen LogP contribution is 2.44. The highest BCUT2D eigenvalue weighted by atomic mass is 32.1. The minimum absolute atomic E-state index is 0.267. The number of carbonyl (C=O) groups excluding carboxylic acids is 1. The Hall–Kier alpha value is -2.12. The summed E-state index contributed by atoms with van der Waals surface area (Å²) in [5, 5.41) is 1.74. The number of aromatic nitrogens is 1. The molecular weight excluding hydrogens is 366 g/mol. The minimum Gasteiger partial charge on any atom is -0.444 e. The lowest BCUT2D eigenvalue weighted by molar-refractivity contribution is 0.0227. The fourth-order valence-corrected chi connectivity index (χ4v) is 5.37. The zero-order valence-corrected chi connectivity index (χ0v) is 16.7. The van der Waals surface area contributed by atoms with Gasteiger partial charge in [-0.2, -0.15) is 0 Å². The van der Waals surface area contributed by atoms with Gasteiger partial charge in [0.2, 0.25) is 0 Å². The summed E-state index contributed by atoms with van der Waals surface area (Å²) in [5.41, 5.74) is 9.14. The van der Waals surface area contributed by atoms with Crippen LogP contribution in [0.4, 0.5) is 9.80 Å². The fourth-order valence-electron chi connectivity index (χ4n) is 3.12. The summed E-state index contributed by atoms with van der Waals surface area (Å²) in [4.78, 5) is 20.0. The summed E-state index contributed by atoms with van der Waals surface area (Å²) >= 11 is 3.22. The van der Waals surface area contributed by atoms with E-state index < -0.39 is 5.60 Å². The summed E-state index contributed by atoms with van der Waals surface area (Å²) in [6.45, 7) is 6.83. The first-order valence-electron chi connectivity index (χ1n) is 8.56. The van der Waals surface area contributed by atoms with Crippen LogP contribution in [0, 0.1) is 0 Å². The normalized spacial score (nSPS) is 14.5. The minimum atomic E-state index is -0.488. The van der Waals surface area contributed by atoms with E-state index in [0.717, 1.165) is 37.1 Å². The van der Waals surface area contributed by atoms with Crippen molar-refractivity contribution in [3.8, 4) is 10.6 Å². The average molecular weight is 388 g/mol. The van der Waals surface area contributed by atoms with Crippen molar-refractivity contribution < 1.29 is 9.53 Å². The molecule has 1 aromatic carbocycles. The molecule has 0 unspecified atom stereocenters.